The van der Waals surface area contributed by atoms with E-state index >= 15 is 0 Å². The van der Waals surface area contributed by atoms with E-state index < -0.39 is 0 Å². The van der Waals surface area contributed by atoms with Crippen LogP contribution in [0.4, 0.5) is 5.69 Å². The molecule has 1 N–H and O–H groups in total. The largest absolute Gasteiger partial charge is 0.314 e. The Hall–Kier alpha value is -1.42. The monoisotopic (exact) mass is 290 g/mol. The summed E-state index contributed by atoms with van der Waals surface area (Å²) < 4.78 is 0. The summed E-state index contributed by atoms with van der Waals surface area (Å²) in [6.45, 7) is 3.29. The Labute approximate surface area is 127 Å². The van der Waals surface area contributed by atoms with Crippen molar-refractivity contribution in [3.05, 3.63) is 39.9 Å². The standard InChI is InChI=1S/C17H26N2O2/c1-2-12-18-17-7-5-3-4-6-15(17)13-14-8-10-16(11-9-14)19(20)21/h8-11,15,17-18H,2-7,12-13H2,1H3. The molecule has 2 unspecified atom stereocenters. The highest BCUT2D eigenvalue weighted by Crippen LogP contribution is 2.27. The lowest BCUT2D eigenvalue weighted by Gasteiger charge is -2.26. The molecule has 0 radical (unpaired) electrons. The van der Waals surface area contributed by atoms with Crippen molar-refractivity contribution < 1.29 is 4.92 Å². The van der Waals surface area contributed by atoms with Crippen LogP contribution in [0.5, 0.6) is 0 Å². The normalized spacial score (nSPS) is 22.7. The Kier molecular flexibility index (Phi) is 6.18. The maximum absolute atomic E-state index is 10.7. The molecule has 4 nitrogen and oxygen atoms in total. The molecule has 1 aromatic carbocycles. The van der Waals surface area contributed by atoms with Gasteiger partial charge in [0.25, 0.3) is 5.69 Å². The third-order valence-electron chi connectivity index (χ3n) is 4.46. The number of nitrogens with zero attached hydrogens (tertiary/aromatic N) is 1. The van der Waals surface area contributed by atoms with E-state index in [0.717, 1.165) is 13.0 Å². The second-order valence-corrected chi connectivity index (χ2v) is 6.09. The molecular formula is C17H26N2O2. The van der Waals surface area contributed by atoms with Gasteiger partial charge in [0, 0.05) is 18.2 Å². The third kappa shape index (κ3) is 4.81. The van der Waals surface area contributed by atoms with Crippen LogP contribution in [0.2, 0.25) is 0 Å². The quantitative estimate of drug-likeness (QED) is 0.488. The van der Waals surface area contributed by atoms with Gasteiger partial charge in [-0.15, -0.1) is 0 Å². The van der Waals surface area contributed by atoms with E-state index in [0.29, 0.717) is 12.0 Å². The van der Waals surface area contributed by atoms with Gasteiger partial charge in [-0.05, 0) is 43.7 Å². The minimum atomic E-state index is -0.332. The molecule has 2 atom stereocenters. The van der Waals surface area contributed by atoms with Crippen molar-refractivity contribution >= 4 is 5.69 Å². The average Bonchev–Trinajstić information content (AvgIpc) is 2.71. The molecule has 1 aliphatic rings. The summed E-state index contributed by atoms with van der Waals surface area (Å²) in [6.07, 6.45) is 8.68. The fourth-order valence-corrected chi connectivity index (χ4v) is 3.28. The highest BCUT2D eigenvalue weighted by Gasteiger charge is 2.23. The van der Waals surface area contributed by atoms with Crippen molar-refractivity contribution in [1.82, 2.24) is 5.32 Å². The second kappa shape index (κ2) is 8.13. The first-order valence-corrected chi connectivity index (χ1v) is 8.17. The van der Waals surface area contributed by atoms with Gasteiger partial charge in [-0.3, -0.25) is 10.1 Å². The van der Waals surface area contributed by atoms with Crippen molar-refractivity contribution in [1.29, 1.82) is 0 Å². The molecular weight excluding hydrogens is 264 g/mol. The lowest BCUT2D eigenvalue weighted by atomic mass is 9.88. The Morgan fingerprint density at radius 1 is 1.19 bits per heavy atom. The Morgan fingerprint density at radius 3 is 2.57 bits per heavy atom. The number of hydrogen-bond acceptors (Lipinski definition) is 3. The van der Waals surface area contributed by atoms with E-state index in [4.69, 9.17) is 0 Å². The van der Waals surface area contributed by atoms with Crippen LogP contribution in [0.25, 0.3) is 0 Å². The zero-order chi connectivity index (χ0) is 15.1. The van der Waals surface area contributed by atoms with Crippen molar-refractivity contribution in [2.75, 3.05) is 6.54 Å². The lowest BCUT2D eigenvalue weighted by molar-refractivity contribution is -0.384. The first-order valence-electron chi connectivity index (χ1n) is 8.17. The van der Waals surface area contributed by atoms with Gasteiger partial charge in [-0.2, -0.15) is 0 Å². The maximum atomic E-state index is 10.7. The van der Waals surface area contributed by atoms with Crippen LogP contribution in [-0.2, 0) is 6.42 Å². The second-order valence-electron chi connectivity index (χ2n) is 6.09. The fourth-order valence-electron chi connectivity index (χ4n) is 3.28. The van der Waals surface area contributed by atoms with E-state index in [1.54, 1.807) is 12.1 Å². The van der Waals surface area contributed by atoms with Crippen LogP contribution in [-0.4, -0.2) is 17.5 Å². The molecule has 21 heavy (non-hydrogen) atoms. The van der Waals surface area contributed by atoms with E-state index in [1.807, 2.05) is 12.1 Å². The van der Waals surface area contributed by atoms with Crippen LogP contribution >= 0.6 is 0 Å². The summed E-state index contributed by atoms with van der Waals surface area (Å²) in [5.74, 6) is 0.653. The highest BCUT2D eigenvalue weighted by atomic mass is 16.6. The summed E-state index contributed by atoms with van der Waals surface area (Å²) in [6, 6.07) is 7.68. The lowest BCUT2D eigenvalue weighted by Crippen LogP contribution is -2.37. The predicted octanol–water partition coefficient (Wildman–Crippen LogP) is 4.09. The molecule has 0 spiro atoms. The molecule has 0 aliphatic heterocycles. The van der Waals surface area contributed by atoms with Crippen molar-refractivity contribution in [3.63, 3.8) is 0 Å². The molecule has 4 heteroatoms. The van der Waals surface area contributed by atoms with Gasteiger partial charge in [-0.25, -0.2) is 0 Å². The van der Waals surface area contributed by atoms with E-state index in [2.05, 4.69) is 12.2 Å². The van der Waals surface area contributed by atoms with Gasteiger partial charge in [0.05, 0.1) is 4.92 Å². The van der Waals surface area contributed by atoms with Crippen molar-refractivity contribution in [2.24, 2.45) is 5.92 Å². The number of nitrogens with one attached hydrogen (secondary N) is 1. The van der Waals surface area contributed by atoms with Crippen molar-refractivity contribution in [3.8, 4) is 0 Å². The summed E-state index contributed by atoms with van der Waals surface area (Å²) >= 11 is 0. The van der Waals surface area contributed by atoms with Crippen LogP contribution in [0.3, 0.4) is 0 Å². The molecule has 0 amide bonds. The topological polar surface area (TPSA) is 55.2 Å². The van der Waals surface area contributed by atoms with E-state index in [-0.39, 0.29) is 10.6 Å². The number of benzene rings is 1. The molecule has 0 saturated heterocycles. The van der Waals surface area contributed by atoms with Gasteiger partial charge in [0.1, 0.15) is 0 Å². The van der Waals surface area contributed by atoms with Crippen LogP contribution < -0.4 is 5.32 Å². The van der Waals surface area contributed by atoms with Crippen LogP contribution in [0, 0.1) is 16.0 Å². The number of nitro groups is 1. The van der Waals surface area contributed by atoms with Gasteiger partial charge >= 0.3 is 0 Å². The molecule has 1 aromatic rings. The van der Waals surface area contributed by atoms with Gasteiger partial charge in [0.2, 0.25) is 0 Å². The highest BCUT2D eigenvalue weighted by molar-refractivity contribution is 5.33. The first kappa shape index (κ1) is 16.0. The summed E-state index contributed by atoms with van der Waals surface area (Å²) in [5, 5.41) is 14.4. The van der Waals surface area contributed by atoms with Crippen LogP contribution in [0.1, 0.15) is 51.0 Å². The van der Waals surface area contributed by atoms with Gasteiger partial charge in [0.15, 0.2) is 0 Å². The minimum Gasteiger partial charge on any atom is -0.314 e. The van der Waals surface area contributed by atoms with E-state index in [9.17, 15) is 10.1 Å². The zero-order valence-electron chi connectivity index (χ0n) is 12.9. The summed E-state index contributed by atoms with van der Waals surface area (Å²) in [5.41, 5.74) is 1.40. The number of nitro benzene ring substituents is 1. The number of hydrogen-bond donors (Lipinski definition) is 1. The number of rotatable bonds is 6. The molecule has 2 rings (SSSR count). The molecule has 116 valence electrons. The van der Waals surface area contributed by atoms with Crippen LogP contribution in [0.15, 0.2) is 24.3 Å². The Bertz CT molecular complexity index is 445. The van der Waals surface area contributed by atoms with Gasteiger partial charge < -0.3 is 5.32 Å². The SMILES string of the molecule is CCCNC1CCCCCC1Cc1ccc([N+](=O)[O-])cc1. The maximum Gasteiger partial charge on any atom is 0.269 e. The molecule has 1 fully saturated rings. The zero-order valence-corrected chi connectivity index (χ0v) is 12.9. The number of non-ortho nitro benzene ring substituents is 1. The van der Waals surface area contributed by atoms with E-state index in [1.165, 1.54) is 44.1 Å². The average molecular weight is 290 g/mol. The molecule has 0 aromatic heterocycles. The summed E-state index contributed by atoms with van der Waals surface area (Å²) in [7, 11) is 0. The molecule has 1 aliphatic carbocycles. The molecule has 1 saturated carbocycles. The molecule has 0 bridgehead atoms. The fraction of sp³-hybridized carbons (Fsp3) is 0.647. The van der Waals surface area contributed by atoms with Gasteiger partial charge in [-0.1, -0.05) is 38.3 Å². The Balaban J connectivity index is 2.01. The third-order valence-corrected chi connectivity index (χ3v) is 4.46. The minimum absolute atomic E-state index is 0.181. The first-order chi connectivity index (χ1) is 10.2. The molecule has 0 heterocycles. The Morgan fingerprint density at radius 2 is 1.90 bits per heavy atom. The van der Waals surface area contributed by atoms with Crippen molar-refractivity contribution in [2.45, 2.75) is 57.9 Å². The summed E-state index contributed by atoms with van der Waals surface area (Å²) in [4.78, 5) is 10.4. The predicted molar refractivity (Wildman–Crippen MR) is 85.5 cm³/mol. The smallest absolute Gasteiger partial charge is 0.269 e.